The first-order chi connectivity index (χ1) is 6.61. The maximum atomic E-state index is 13.0. The maximum Gasteiger partial charge on any atom is 0.117 e. The summed E-state index contributed by atoms with van der Waals surface area (Å²) in [6.07, 6.45) is -0.187. The number of hydrogen-bond acceptors (Lipinski definition) is 1. The van der Waals surface area contributed by atoms with Gasteiger partial charge in [0.25, 0.3) is 0 Å². The van der Waals surface area contributed by atoms with Gasteiger partial charge in [0.05, 0.1) is 0 Å². The second-order valence-corrected chi connectivity index (χ2v) is 3.76. The fourth-order valence-corrected chi connectivity index (χ4v) is 1.45. The Morgan fingerprint density at radius 3 is 2.29 bits per heavy atom. The molecule has 0 saturated carbocycles. The summed E-state index contributed by atoms with van der Waals surface area (Å²) >= 11 is 0. The molecule has 0 aliphatic carbocycles. The minimum absolute atomic E-state index is 0.402. The molecular formula is C12H18FN. The van der Waals surface area contributed by atoms with Crippen molar-refractivity contribution in [3.63, 3.8) is 0 Å². The summed E-state index contributed by atoms with van der Waals surface area (Å²) in [6.45, 7) is 6.35. The van der Waals surface area contributed by atoms with Gasteiger partial charge in [0.2, 0.25) is 0 Å². The van der Waals surface area contributed by atoms with E-state index in [0.29, 0.717) is 13.0 Å². The van der Waals surface area contributed by atoms with E-state index in [0.717, 1.165) is 5.69 Å². The van der Waals surface area contributed by atoms with Crippen LogP contribution in [-0.4, -0.2) is 12.7 Å². The Morgan fingerprint density at radius 1 is 1.21 bits per heavy atom. The number of halogens is 1. The minimum atomic E-state index is -0.754. The smallest absolute Gasteiger partial charge is 0.117 e. The van der Waals surface area contributed by atoms with Crippen LogP contribution in [0.15, 0.2) is 18.2 Å². The molecule has 0 saturated heterocycles. The number of nitrogens with one attached hydrogen (secondary N) is 1. The van der Waals surface area contributed by atoms with Crippen LogP contribution in [0.1, 0.15) is 24.5 Å². The van der Waals surface area contributed by atoms with E-state index in [1.54, 1.807) is 0 Å². The first-order valence-electron chi connectivity index (χ1n) is 5.08. The first-order valence-corrected chi connectivity index (χ1v) is 5.08. The fraction of sp³-hybridized carbons (Fsp3) is 0.500. The molecular weight excluding hydrogens is 177 g/mol. The molecule has 1 aromatic carbocycles. The molecule has 0 bridgehead atoms. The Morgan fingerprint density at radius 2 is 1.79 bits per heavy atom. The van der Waals surface area contributed by atoms with Gasteiger partial charge >= 0.3 is 0 Å². The van der Waals surface area contributed by atoms with Gasteiger partial charge in [-0.15, -0.1) is 0 Å². The van der Waals surface area contributed by atoms with Crippen LogP contribution in [0.5, 0.6) is 0 Å². The van der Waals surface area contributed by atoms with E-state index in [2.05, 4.69) is 11.4 Å². The fourth-order valence-electron chi connectivity index (χ4n) is 1.45. The highest BCUT2D eigenvalue weighted by Crippen LogP contribution is 2.14. The second kappa shape index (κ2) is 4.99. The quantitative estimate of drug-likeness (QED) is 0.775. The molecule has 1 aromatic rings. The van der Waals surface area contributed by atoms with Crippen molar-refractivity contribution in [2.45, 2.75) is 33.4 Å². The molecule has 0 heterocycles. The minimum Gasteiger partial charge on any atom is -0.382 e. The molecule has 0 fully saturated rings. The Bertz CT molecular complexity index is 276. The van der Waals surface area contributed by atoms with Gasteiger partial charge in [-0.1, -0.05) is 13.0 Å². The first kappa shape index (κ1) is 11.0. The zero-order valence-electron chi connectivity index (χ0n) is 9.10. The van der Waals surface area contributed by atoms with Gasteiger partial charge in [-0.3, -0.25) is 0 Å². The number of alkyl halides is 1. The van der Waals surface area contributed by atoms with Gasteiger partial charge in [0.1, 0.15) is 6.17 Å². The molecule has 0 aromatic heterocycles. The molecule has 14 heavy (non-hydrogen) atoms. The average Bonchev–Trinajstić information content (AvgIpc) is 2.12. The van der Waals surface area contributed by atoms with Crippen molar-refractivity contribution >= 4 is 5.69 Å². The Balaban J connectivity index is 2.58. The highest BCUT2D eigenvalue weighted by molar-refractivity contribution is 5.48. The monoisotopic (exact) mass is 195 g/mol. The lowest BCUT2D eigenvalue weighted by Gasteiger charge is -2.10. The topological polar surface area (TPSA) is 12.0 Å². The van der Waals surface area contributed by atoms with Crippen LogP contribution in [-0.2, 0) is 0 Å². The lowest BCUT2D eigenvalue weighted by Crippen LogP contribution is -2.14. The molecule has 2 heteroatoms. The molecule has 78 valence electrons. The SMILES string of the molecule is CCC(F)CNc1cc(C)cc(C)c1. The van der Waals surface area contributed by atoms with Crippen LogP contribution < -0.4 is 5.32 Å². The number of anilines is 1. The van der Waals surface area contributed by atoms with Crippen LogP contribution >= 0.6 is 0 Å². The van der Waals surface area contributed by atoms with Crippen molar-refractivity contribution in [3.8, 4) is 0 Å². The third-order valence-corrected chi connectivity index (χ3v) is 2.19. The lowest BCUT2D eigenvalue weighted by molar-refractivity contribution is 0.340. The van der Waals surface area contributed by atoms with Crippen molar-refractivity contribution < 1.29 is 4.39 Å². The van der Waals surface area contributed by atoms with Gasteiger partial charge in [0.15, 0.2) is 0 Å². The van der Waals surface area contributed by atoms with Crippen molar-refractivity contribution in [2.24, 2.45) is 0 Å². The van der Waals surface area contributed by atoms with Gasteiger partial charge < -0.3 is 5.32 Å². The van der Waals surface area contributed by atoms with Crippen molar-refractivity contribution in [2.75, 3.05) is 11.9 Å². The number of rotatable bonds is 4. The van der Waals surface area contributed by atoms with Crippen LogP contribution in [0.25, 0.3) is 0 Å². The molecule has 1 unspecified atom stereocenters. The van der Waals surface area contributed by atoms with E-state index >= 15 is 0 Å². The summed E-state index contributed by atoms with van der Waals surface area (Å²) in [5.74, 6) is 0. The van der Waals surface area contributed by atoms with Gasteiger partial charge in [-0.25, -0.2) is 4.39 Å². The van der Waals surface area contributed by atoms with E-state index in [4.69, 9.17) is 0 Å². The second-order valence-electron chi connectivity index (χ2n) is 3.76. The summed E-state index contributed by atoms with van der Waals surface area (Å²) in [4.78, 5) is 0. The van der Waals surface area contributed by atoms with Gasteiger partial charge in [0, 0.05) is 12.2 Å². The third-order valence-electron chi connectivity index (χ3n) is 2.19. The van der Waals surface area contributed by atoms with Gasteiger partial charge in [-0.2, -0.15) is 0 Å². The maximum absolute atomic E-state index is 13.0. The number of hydrogen-bond donors (Lipinski definition) is 1. The molecule has 0 aliphatic heterocycles. The molecule has 0 aliphatic rings. The third kappa shape index (κ3) is 3.36. The predicted octanol–water partition coefficient (Wildman–Crippen LogP) is 3.46. The van der Waals surface area contributed by atoms with E-state index in [1.165, 1.54) is 11.1 Å². The Kier molecular flexibility index (Phi) is 3.93. The molecule has 0 amide bonds. The summed E-state index contributed by atoms with van der Waals surface area (Å²) in [5, 5.41) is 3.10. The Hall–Kier alpha value is -1.05. The van der Waals surface area contributed by atoms with Crippen LogP contribution in [0.4, 0.5) is 10.1 Å². The summed E-state index contributed by atoms with van der Waals surface area (Å²) < 4.78 is 13.0. The summed E-state index contributed by atoms with van der Waals surface area (Å²) in [7, 11) is 0. The van der Waals surface area contributed by atoms with Crippen LogP contribution in [0.3, 0.4) is 0 Å². The van der Waals surface area contributed by atoms with E-state index in [-0.39, 0.29) is 0 Å². The van der Waals surface area contributed by atoms with E-state index in [1.807, 2.05) is 32.9 Å². The molecule has 0 spiro atoms. The van der Waals surface area contributed by atoms with Crippen molar-refractivity contribution in [1.82, 2.24) is 0 Å². The average molecular weight is 195 g/mol. The molecule has 0 radical (unpaired) electrons. The molecule has 1 rings (SSSR count). The summed E-state index contributed by atoms with van der Waals surface area (Å²) in [6, 6.07) is 6.18. The van der Waals surface area contributed by atoms with Crippen molar-refractivity contribution in [1.29, 1.82) is 0 Å². The zero-order chi connectivity index (χ0) is 10.6. The predicted molar refractivity (Wildman–Crippen MR) is 59.6 cm³/mol. The standard InChI is InChI=1S/C12H18FN/c1-4-11(13)8-14-12-6-9(2)5-10(3)7-12/h5-7,11,14H,4,8H2,1-3H3. The van der Waals surface area contributed by atoms with Gasteiger partial charge in [-0.05, 0) is 43.5 Å². The largest absolute Gasteiger partial charge is 0.382 e. The Labute approximate surface area is 85.3 Å². The lowest BCUT2D eigenvalue weighted by atomic mass is 10.1. The van der Waals surface area contributed by atoms with Crippen LogP contribution in [0, 0.1) is 13.8 Å². The molecule has 1 nitrogen and oxygen atoms in total. The highest BCUT2D eigenvalue weighted by Gasteiger charge is 2.02. The number of aryl methyl sites for hydroxylation is 2. The zero-order valence-corrected chi connectivity index (χ0v) is 9.10. The van der Waals surface area contributed by atoms with Crippen molar-refractivity contribution in [3.05, 3.63) is 29.3 Å². The summed E-state index contributed by atoms with van der Waals surface area (Å²) in [5.41, 5.74) is 3.43. The molecule has 1 N–H and O–H groups in total. The highest BCUT2D eigenvalue weighted by atomic mass is 19.1. The van der Waals surface area contributed by atoms with Crippen LogP contribution in [0.2, 0.25) is 0 Å². The number of benzene rings is 1. The normalized spacial score (nSPS) is 12.6. The van der Waals surface area contributed by atoms with E-state index in [9.17, 15) is 4.39 Å². The molecule has 1 atom stereocenters. The van der Waals surface area contributed by atoms with E-state index < -0.39 is 6.17 Å².